The minimum absolute atomic E-state index is 0.471. The van der Waals surface area contributed by atoms with E-state index >= 15 is 0 Å². The lowest BCUT2D eigenvalue weighted by Crippen LogP contribution is -2.03. The molecular weight excluding hydrogens is 162 g/mol. The third kappa shape index (κ3) is 2.72. The molecule has 0 unspecified atom stereocenters. The number of nitrogens with zero attached hydrogens (tertiary/aromatic N) is 2. The Morgan fingerprint density at radius 1 is 1.64 bits per heavy atom. The first kappa shape index (κ1) is 8.27. The normalized spacial score (nSPS) is 9.64. The van der Waals surface area contributed by atoms with Gasteiger partial charge in [-0.3, -0.25) is 0 Å². The van der Waals surface area contributed by atoms with Crippen LogP contribution in [0.5, 0.6) is 0 Å². The van der Waals surface area contributed by atoms with Crippen molar-refractivity contribution in [2.45, 2.75) is 13.3 Å². The van der Waals surface area contributed by atoms with Crippen LogP contribution in [-0.4, -0.2) is 16.5 Å². The topological polar surface area (TPSA) is 37.8 Å². The molecule has 0 bridgehead atoms. The zero-order chi connectivity index (χ0) is 8.10. The van der Waals surface area contributed by atoms with Crippen molar-refractivity contribution in [3.05, 3.63) is 17.4 Å². The summed E-state index contributed by atoms with van der Waals surface area (Å²) in [6.45, 7) is 2.96. The van der Waals surface area contributed by atoms with E-state index in [1.54, 1.807) is 12.3 Å². The van der Waals surface area contributed by atoms with E-state index in [4.69, 9.17) is 11.6 Å². The van der Waals surface area contributed by atoms with Gasteiger partial charge in [0.2, 0.25) is 5.95 Å². The highest BCUT2D eigenvalue weighted by atomic mass is 35.5. The van der Waals surface area contributed by atoms with E-state index in [1.165, 1.54) is 0 Å². The van der Waals surface area contributed by atoms with Crippen LogP contribution in [0.4, 0.5) is 5.95 Å². The highest BCUT2D eigenvalue weighted by molar-refractivity contribution is 6.29. The van der Waals surface area contributed by atoms with Gasteiger partial charge in [-0.1, -0.05) is 18.5 Å². The predicted octanol–water partition coefficient (Wildman–Crippen LogP) is 1.95. The highest BCUT2D eigenvalue weighted by Gasteiger charge is 1.93. The first-order valence-corrected chi connectivity index (χ1v) is 3.93. The van der Waals surface area contributed by atoms with Crippen LogP contribution in [-0.2, 0) is 0 Å². The summed E-state index contributed by atoms with van der Waals surface area (Å²) >= 11 is 5.63. The van der Waals surface area contributed by atoms with Crippen LogP contribution in [0.2, 0.25) is 5.15 Å². The first-order chi connectivity index (χ1) is 5.33. The molecule has 0 aliphatic heterocycles. The molecule has 1 heterocycles. The van der Waals surface area contributed by atoms with Gasteiger partial charge in [0.1, 0.15) is 5.15 Å². The number of hydrogen-bond acceptors (Lipinski definition) is 3. The first-order valence-electron chi connectivity index (χ1n) is 3.55. The number of rotatable bonds is 3. The summed E-state index contributed by atoms with van der Waals surface area (Å²) in [5, 5.41) is 3.50. The summed E-state index contributed by atoms with van der Waals surface area (Å²) in [5.74, 6) is 0.597. The molecular formula is C7H10ClN3. The molecule has 0 amide bonds. The Hall–Kier alpha value is -0.830. The number of hydrogen-bond donors (Lipinski definition) is 1. The summed E-state index contributed by atoms with van der Waals surface area (Å²) in [6, 6.07) is 1.65. The standard InChI is InChI=1S/C7H10ClN3/c1-2-4-9-7-10-5-3-6(8)11-7/h3,5H,2,4H2,1H3,(H,9,10,11). The van der Waals surface area contributed by atoms with Gasteiger partial charge in [0.25, 0.3) is 0 Å². The molecule has 0 spiro atoms. The van der Waals surface area contributed by atoms with Crippen LogP contribution in [0, 0.1) is 0 Å². The second-order valence-electron chi connectivity index (χ2n) is 2.13. The van der Waals surface area contributed by atoms with E-state index in [0.717, 1.165) is 13.0 Å². The van der Waals surface area contributed by atoms with Crippen LogP contribution in [0.3, 0.4) is 0 Å². The van der Waals surface area contributed by atoms with Gasteiger partial charge in [-0.25, -0.2) is 9.97 Å². The zero-order valence-electron chi connectivity index (χ0n) is 6.34. The van der Waals surface area contributed by atoms with Gasteiger partial charge in [0.05, 0.1) is 0 Å². The van der Waals surface area contributed by atoms with E-state index in [0.29, 0.717) is 11.1 Å². The van der Waals surface area contributed by atoms with Crippen molar-refractivity contribution < 1.29 is 0 Å². The number of aromatic nitrogens is 2. The Kier molecular flexibility index (Phi) is 3.11. The predicted molar refractivity (Wildman–Crippen MR) is 45.8 cm³/mol. The summed E-state index contributed by atoms with van der Waals surface area (Å²) in [6.07, 6.45) is 2.68. The minimum Gasteiger partial charge on any atom is -0.354 e. The van der Waals surface area contributed by atoms with Crippen molar-refractivity contribution in [1.82, 2.24) is 9.97 Å². The van der Waals surface area contributed by atoms with Gasteiger partial charge in [0.15, 0.2) is 0 Å². The van der Waals surface area contributed by atoms with Crippen molar-refractivity contribution in [2.24, 2.45) is 0 Å². The van der Waals surface area contributed by atoms with Crippen LogP contribution >= 0.6 is 11.6 Å². The molecule has 0 saturated heterocycles. The fourth-order valence-electron chi connectivity index (χ4n) is 0.659. The maximum Gasteiger partial charge on any atom is 0.224 e. The number of halogens is 1. The van der Waals surface area contributed by atoms with E-state index in [1.807, 2.05) is 0 Å². The number of nitrogens with one attached hydrogen (secondary N) is 1. The molecule has 60 valence electrons. The fraction of sp³-hybridized carbons (Fsp3) is 0.429. The Morgan fingerprint density at radius 2 is 2.45 bits per heavy atom. The molecule has 0 atom stereocenters. The molecule has 3 nitrogen and oxygen atoms in total. The maximum absolute atomic E-state index is 5.63. The minimum atomic E-state index is 0.471. The van der Waals surface area contributed by atoms with Gasteiger partial charge in [-0.2, -0.15) is 0 Å². The zero-order valence-corrected chi connectivity index (χ0v) is 7.10. The van der Waals surface area contributed by atoms with Crippen molar-refractivity contribution in [2.75, 3.05) is 11.9 Å². The lowest BCUT2D eigenvalue weighted by atomic mass is 10.5. The Morgan fingerprint density at radius 3 is 3.09 bits per heavy atom. The van der Waals surface area contributed by atoms with Gasteiger partial charge in [-0.15, -0.1) is 0 Å². The molecule has 0 radical (unpaired) electrons. The summed E-state index contributed by atoms with van der Waals surface area (Å²) in [5.41, 5.74) is 0. The second-order valence-corrected chi connectivity index (χ2v) is 2.52. The number of anilines is 1. The van der Waals surface area contributed by atoms with Gasteiger partial charge in [-0.05, 0) is 12.5 Å². The maximum atomic E-state index is 5.63. The lowest BCUT2D eigenvalue weighted by molar-refractivity contribution is 0.952. The second kappa shape index (κ2) is 4.13. The van der Waals surface area contributed by atoms with Crippen molar-refractivity contribution in [3.63, 3.8) is 0 Å². The van der Waals surface area contributed by atoms with Crippen LogP contribution < -0.4 is 5.32 Å². The third-order valence-corrected chi connectivity index (χ3v) is 1.37. The van der Waals surface area contributed by atoms with Crippen LogP contribution in [0.15, 0.2) is 12.3 Å². The SMILES string of the molecule is CCCNc1nccc(Cl)n1. The fourth-order valence-corrected chi connectivity index (χ4v) is 0.795. The Balaban J connectivity index is 2.56. The smallest absolute Gasteiger partial charge is 0.224 e. The Labute approximate surface area is 70.8 Å². The molecule has 0 aromatic carbocycles. The summed E-state index contributed by atoms with van der Waals surface area (Å²) < 4.78 is 0. The molecule has 0 aliphatic carbocycles. The van der Waals surface area contributed by atoms with E-state index in [2.05, 4.69) is 22.2 Å². The van der Waals surface area contributed by atoms with Crippen molar-refractivity contribution in [3.8, 4) is 0 Å². The highest BCUT2D eigenvalue weighted by Crippen LogP contribution is 2.04. The summed E-state index contributed by atoms with van der Waals surface area (Å²) in [4.78, 5) is 7.92. The van der Waals surface area contributed by atoms with Gasteiger partial charge < -0.3 is 5.32 Å². The average Bonchev–Trinajstić information content (AvgIpc) is 2.01. The largest absolute Gasteiger partial charge is 0.354 e. The van der Waals surface area contributed by atoms with Crippen molar-refractivity contribution >= 4 is 17.5 Å². The molecule has 11 heavy (non-hydrogen) atoms. The van der Waals surface area contributed by atoms with Gasteiger partial charge in [0, 0.05) is 12.7 Å². The molecule has 1 N–H and O–H groups in total. The lowest BCUT2D eigenvalue weighted by Gasteiger charge is -2.00. The molecule has 0 aliphatic rings. The van der Waals surface area contributed by atoms with E-state index in [9.17, 15) is 0 Å². The van der Waals surface area contributed by atoms with Crippen LogP contribution in [0.25, 0.3) is 0 Å². The van der Waals surface area contributed by atoms with Gasteiger partial charge >= 0.3 is 0 Å². The quantitative estimate of drug-likeness (QED) is 0.707. The molecule has 0 fully saturated rings. The van der Waals surface area contributed by atoms with Crippen LogP contribution in [0.1, 0.15) is 13.3 Å². The molecule has 1 rings (SSSR count). The molecule has 4 heteroatoms. The average molecular weight is 172 g/mol. The van der Waals surface area contributed by atoms with E-state index < -0.39 is 0 Å². The summed E-state index contributed by atoms with van der Waals surface area (Å²) in [7, 11) is 0. The van der Waals surface area contributed by atoms with E-state index in [-0.39, 0.29) is 0 Å². The third-order valence-electron chi connectivity index (χ3n) is 1.15. The monoisotopic (exact) mass is 171 g/mol. The molecule has 1 aromatic heterocycles. The molecule has 0 saturated carbocycles. The molecule has 1 aromatic rings. The van der Waals surface area contributed by atoms with Crippen molar-refractivity contribution in [1.29, 1.82) is 0 Å². The Bertz CT molecular complexity index is 227.